The Balaban J connectivity index is 1.82. The highest BCUT2D eigenvalue weighted by Gasteiger charge is 2.28. The summed E-state index contributed by atoms with van der Waals surface area (Å²) >= 11 is 1.38. The van der Waals surface area contributed by atoms with E-state index in [9.17, 15) is 18.0 Å². The number of primary amides is 1. The molecule has 10 heteroatoms. The maximum atomic E-state index is 13.2. The van der Waals surface area contributed by atoms with E-state index in [0.29, 0.717) is 35.6 Å². The zero-order valence-corrected chi connectivity index (χ0v) is 22.8. The predicted molar refractivity (Wildman–Crippen MR) is 140 cm³/mol. The normalized spacial score (nSPS) is 14.5. The van der Waals surface area contributed by atoms with E-state index < -0.39 is 21.8 Å². The van der Waals surface area contributed by atoms with Crippen LogP contribution in [0, 0.1) is 11.8 Å². The van der Waals surface area contributed by atoms with Crippen molar-refractivity contribution < 1.29 is 18.0 Å². The van der Waals surface area contributed by atoms with Gasteiger partial charge in [0.1, 0.15) is 5.00 Å². The summed E-state index contributed by atoms with van der Waals surface area (Å²) in [6, 6.07) is 5.93. The molecular weight excluding hydrogens is 484 g/mol. The van der Waals surface area contributed by atoms with Crippen molar-refractivity contribution in [2.45, 2.75) is 52.5 Å². The number of amides is 2. The molecule has 35 heavy (non-hydrogen) atoms. The largest absolute Gasteiger partial charge is 0.365 e. The molecule has 1 aromatic heterocycles. The molecule has 192 valence electrons. The Morgan fingerprint density at radius 3 is 2.23 bits per heavy atom. The number of hydrogen-bond acceptors (Lipinski definition) is 6. The quantitative estimate of drug-likeness (QED) is 0.495. The predicted octanol–water partition coefficient (Wildman–Crippen LogP) is 3.78. The summed E-state index contributed by atoms with van der Waals surface area (Å²) in [7, 11) is -3.68. The number of thiophene rings is 1. The summed E-state index contributed by atoms with van der Waals surface area (Å²) in [5, 5.41) is 3.28. The van der Waals surface area contributed by atoms with Gasteiger partial charge in [0.15, 0.2) is 0 Å². The number of anilines is 1. The maximum absolute atomic E-state index is 13.2. The number of nitrogens with zero attached hydrogens (tertiary/aromatic N) is 2. The summed E-state index contributed by atoms with van der Waals surface area (Å²) < 4.78 is 28.0. The fourth-order valence-corrected chi connectivity index (χ4v) is 7.32. The summed E-state index contributed by atoms with van der Waals surface area (Å²) in [4.78, 5) is 28.6. The Morgan fingerprint density at radius 2 is 1.71 bits per heavy atom. The second kappa shape index (κ2) is 11.2. The van der Waals surface area contributed by atoms with E-state index in [0.717, 1.165) is 30.1 Å². The molecule has 3 N–H and O–H groups in total. The molecule has 1 aliphatic rings. The topological polar surface area (TPSA) is 113 Å². The van der Waals surface area contributed by atoms with Gasteiger partial charge in [-0.1, -0.05) is 34.6 Å². The first-order valence-corrected chi connectivity index (χ1v) is 14.3. The molecule has 2 heterocycles. The van der Waals surface area contributed by atoms with Crippen LogP contribution in [0.5, 0.6) is 0 Å². The van der Waals surface area contributed by atoms with Gasteiger partial charge in [-0.05, 0) is 54.6 Å². The molecule has 0 unspecified atom stereocenters. The average Bonchev–Trinajstić information content (AvgIpc) is 3.15. The second-order valence-electron chi connectivity index (χ2n) is 9.78. The number of rotatable bonds is 10. The summed E-state index contributed by atoms with van der Waals surface area (Å²) in [5.74, 6) is -0.591. The second-order valence-corrected chi connectivity index (χ2v) is 12.8. The monoisotopic (exact) mass is 520 g/mol. The highest BCUT2D eigenvalue weighted by atomic mass is 32.2. The average molecular weight is 521 g/mol. The third kappa shape index (κ3) is 6.30. The van der Waals surface area contributed by atoms with Gasteiger partial charge >= 0.3 is 0 Å². The van der Waals surface area contributed by atoms with Crippen molar-refractivity contribution in [3.63, 3.8) is 0 Å². The molecular formula is C25H36N4O4S2. The minimum Gasteiger partial charge on any atom is -0.365 e. The third-order valence-corrected chi connectivity index (χ3v) is 8.93. The summed E-state index contributed by atoms with van der Waals surface area (Å²) in [6.07, 6.45) is 0.712. The highest BCUT2D eigenvalue weighted by Crippen LogP contribution is 2.37. The molecule has 0 bridgehead atoms. The number of hydrogen-bond donors (Lipinski definition) is 2. The first kappa shape index (κ1) is 27.3. The Labute approximate surface area is 212 Å². The summed E-state index contributed by atoms with van der Waals surface area (Å²) in [5.41, 5.74) is 7.26. The molecule has 0 spiro atoms. The van der Waals surface area contributed by atoms with Gasteiger partial charge in [0.25, 0.3) is 11.8 Å². The number of sulfonamides is 1. The Hall–Kier alpha value is -2.27. The molecule has 0 radical (unpaired) electrons. The Morgan fingerprint density at radius 1 is 1.11 bits per heavy atom. The van der Waals surface area contributed by atoms with Crippen molar-refractivity contribution in [1.29, 1.82) is 0 Å². The van der Waals surface area contributed by atoms with Crippen LogP contribution in [0.25, 0.3) is 0 Å². The van der Waals surface area contributed by atoms with Crippen LogP contribution in [0.15, 0.2) is 29.2 Å². The van der Waals surface area contributed by atoms with Gasteiger partial charge in [0, 0.05) is 36.6 Å². The smallest absolute Gasteiger partial charge is 0.256 e. The first-order chi connectivity index (χ1) is 16.4. The number of benzene rings is 1. The van der Waals surface area contributed by atoms with Gasteiger partial charge in [-0.15, -0.1) is 11.3 Å². The van der Waals surface area contributed by atoms with E-state index in [1.54, 1.807) is 0 Å². The molecule has 2 aromatic rings. The zero-order valence-electron chi connectivity index (χ0n) is 21.1. The molecule has 0 atom stereocenters. The van der Waals surface area contributed by atoms with Crippen molar-refractivity contribution in [3.8, 4) is 0 Å². The van der Waals surface area contributed by atoms with Gasteiger partial charge in [0.2, 0.25) is 10.0 Å². The lowest BCUT2D eigenvalue weighted by atomic mass is 10.0. The van der Waals surface area contributed by atoms with E-state index >= 15 is 0 Å². The number of nitrogens with one attached hydrogen (secondary N) is 1. The van der Waals surface area contributed by atoms with Crippen LogP contribution in [0.1, 0.15) is 65.8 Å². The van der Waals surface area contributed by atoms with Crippen LogP contribution in [-0.2, 0) is 23.0 Å². The van der Waals surface area contributed by atoms with Gasteiger partial charge in [-0.3, -0.25) is 14.5 Å². The molecule has 1 aromatic carbocycles. The molecule has 0 aliphatic carbocycles. The number of fused-ring (bicyclic) bond motifs is 1. The molecule has 0 fully saturated rings. The lowest BCUT2D eigenvalue weighted by Gasteiger charge is -2.25. The number of carbonyl (C=O) groups excluding carboxylic acids is 2. The van der Waals surface area contributed by atoms with E-state index in [1.165, 1.54) is 39.9 Å². The van der Waals surface area contributed by atoms with Crippen LogP contribution in [-0.4, -0.2) is 55.6 Å². The van der Waals surface area contributed by atoms with E-state index in [2.05, 4.69) is 17.1 Å². The summed E-state index contributed by atoms with van der Waals surface area (Å²) in [6.45, 7) is 13.4. The van der Waals surface area contributed by atoms with Gasteiger partial charge in [0.05, 0.1) is 10.5 Å². The molecule has 3 rings (SSSR count). The minimum absolute atomic E-state index is 0.152. The number of likely N-dealkylation sites (N-methyl/N-ethyl adjacent to an activating group) is 1. The van der Waals surface area contributed by atoms with Crippen molar-refractivity contribution in [1.82, 2.24) is 9.21 Å². The highest BCUT2D eigenvalue weighted by molar-refractivity contribution is 7.89. The van der Waals surface area contributed by atoms with Crippen LogP contribution >= 0.6 is 11.3 Å². The van der Waals surface area contributed by atoms with Crippen LogP contribution in [0.2, 0.25) is 0 Å². The van der Waals surface area contributed by atoms with E-state index in [4.69, 9.17) is 5.73 Å². The van der Waals surface area contributed by atoms with Crippen LogP contribution in [0.4, 0.5) is 5.00 Å². The number of nitrogens with two attached hydrogens (primary N) is 1. The lowest BCUT2D eigenvalue weighted by molar-refractivity contribution is 0.1000. The van der Waals surface area contributed by atoms with Crippen LogP contribution < -0.4 is 11.1 Å². The standard InChI is InChI=1S/C25H36N4O4S2/c1-6-28-12-11-20-21(15-28)34-25(22(20)23(26)30)27-24(31)18-7-9-19(10-8-18)35(32,33)29(13-16(2)3)14-17(4)5/h7-10,16-17H,6,11-15H2,1-5H3,(H2,26,30)(H,27,31). The lowest BCUT2D eigenvalue weighted by Crippen LogP contribution is -2.37. The fraction of sp³-hybridized carbons (Fsp3) is 0.520. The Kier molecular flexibility index (Phi) is 8.74. The molecule has 0 saturated carbocycles. The first-order valence-electron chi connectivity index (χ1n) is 12.0. The van der Waals surface area contributed by atoms with Crippen molar-refractivity contribution in [2.24, 2.45) is 17.6 Å². The van der Waals surface area contributed by atoms with Crippen molar-refractivity contribution in [3.05, 3.63) is 45.8 Å². The van der Waals surface area contributed by atoms with Crippen molar-refractivity contribution >= 4 is 38.2 Å². The molecule has 0 saturated heterocycles. The van der Waals surface area contributed by atoms with Gasteiger partial charge in [-0.25, -0.2) is 8.42 Å². The zero-order chi connectivity index (χ0) is 25.9. The van der Waals surface area contributed by atoms with E-state index in [-0.39, 0.29) is 16.7 Å². The van der Waals surface area contributed by atoms with Gasteiger partial charge < -0.3 is 11.1 Å². The molecule has 2 amide bonds. The third-order valence-electron chi connectivity index (χ3n) is 5.95. The SMILES string of the molecule is CCN1CCc2c(sc(NC(=O)c3ccc(S(=O)(=O)N(CC(C)C)CC(C)C)cc3)c2C(N)=O)C1. The fourth-order valence-electron chi connectivity index (χ4n) is 4.26. The van der Waals surface area contributed by atoms with E-state index in [1.807, 2.05) is 27.7 Å². The number of carbonyl (C=O) groups is 2. The molecule has 1 aliphatic heterocycles. The van der Waals surface area contributed by atoms with Gasteiger partial charge in [-0.2, -0.15) is 4.31 Å². The molecule has 8 nitrogen and oxygen atoms in total. The van der Waals surface area contributed by atoms with Crippen molar-refractivity contribution in [2.75, 3.05) is 31.5 Å². The Bertz CT molecular complexity index is 1160. The van der Waals surface area contributed by atoms with Crippen LogP contribution in [0.3, 0.4) is 0 Å². The minimum atomic E-state index is -3.68. The maximum Gasteiger partial charge on any atom is 0.256 e.